The maximum atomic E-state index is 15.5. The molecule has 4 atom stereocenters. The van der Waals surface area contributed by atoms with Crippen LogP contribution >= 0.6 is 11.6 Å². The minimum atomic E-state index is -0.771. The number of hydrogen-bond donors (Lipinski definition) is 2. The molecule has 6 rings (SSSR count). The Bertz CT molecular complexity index is 1630. The van der Waals surface area contributed by atoms with Crippen LogP contribution in [0.1, 0.15) is 48.0 Å². The first kappa shape index (κ1) is 34.3. The number of anilines is 1. The van der Waals surface area contributed by atoms with Crippen molar-refractivity contribution in [2.24, 2.45) is 5.92 Å². The molecule has 3 aromatic rings. The molecule has 3 aliphatic rings. The average Bonchev–Trinajstić information content (AvgIpc) is 3.83. The van der Waals surface area contributed by atoms with E-state index in [0.29, 0.717) is 74.9 Å². The van der Waals surface area contributed by atoms with E-state index in [9.17, 15) is 19.5 Å². The van der Waals surface area contributed by atoms with Crippen LogP contribution in [0.5, 0.6) is 0 Å². The van der Waals surface area contributed by atoms with Crippen LogP contribution in [0.2, 0.25) is 5.02 Å². The predicted molar refractivity (Wildman–Crippen MR) is 176 cm³/mol. The zero-order valence-corrected chi connectivity index (χ0v) is 27.8. The molecular formula is C35H41ClFN3O8. The molecule has 1 unspecified atom stereocenters. The van der Waals surface area contributed by atoms with E-state index in [1.54, 1.807) is 43.4 Å². The van der Waals surface area contributed by atoms with Crippen molar-refractivity contribution in [3.05, 3.63) is 64.6 Å². The van der Waals surface area contributed by atoms with Gasteiger partial charge in [0.1, 0.15) is 17.7 Å². The third-order valence-electron chi connectivity index (χ3n) is 10.1. The molecule has 13 heteroatoms. The van der Waals surface area contributed by atoms with Gasteiger partial charge in [0.15, 0.2) is 0 Å². The van der Waals surface area contributed by atoms with Crippen molar-refractivity contribution in [1.29, 1.82) is 0 Å². The lowest BCUT2D eigenvalue weighted by molar-refractivity contribution is -0.144. The number of rotatable bonds is 11. The number of fused-ring (bicyclic) bond motifs is 1. The van der Waals surface area contributed by atoms with Gasteiger partial charge in [-0.3, -0.25) is 19.3 Å². The zero-order valence-electron chi connectivity index (χ0n) is 27.0. The van der Waals surface area contributed by atoms with Crippen LogP contribution in [-0.2, 0) is 30.2 Å². The number of ether oxygens (including phenoxy) is 3. The topological polar surface area (TPSA) is 131 Å². The third kappa shape index (κ3) is 7.37. The van der Waals surface area contributed by atoms with Gasteiger partial charge in [0.05, 0.1) is 59.6 Å². The number of halogens is 2. The lowest BCUT2D eigenvalue weighted by Crippen LogP contribution is -2.41. The monoisotopic (exact) mass is 685 g/mol. The summed E-state index contributed by atoms with van der Waals surface area (Å²) in [5.41, 5.74) is 1.04. The predicted octanol–water partition coefficient (Wildman–Crippen LogP) is 5.00. The van der Waals surface area contributed by atoms with Gasteiger partial charge in [-0.2, -0.15) is 0 Å². The minimum Gasteiger partial charge on any atom is -0.481 e. The molecule has 1 aromatic heterocycles. The van der Waals surface area contributed by atoms with Crippen molar-refractivity contribution in [2.75, 3.05) is 45.8 Å². The second-order valence-electron chi connectivity index (χ2n) is 12.9. The number of carbonyl (C=O) groups excluding carboxylic acids is 2. The summed E-state index contributed by atoms with van der Waals surface area (Å²) in [6, 6.07) is 9.38. The number of likely N-dealkylation sites (tertiary alicyclic amines) is 2. The van der Waals surface area contributed by atoms with Gasteiger partial charge in [0.2, 0.25) is 5.91 Å². The van der Waals surface area contributed by atoms with Crippen molar-refractivity contribution < 1.29 is 42.5 Å². The first-order chi connectivity index (χ1) is 23.1. The van der Waals surface area contributed by atoms with Gasteiger partial charge in [0.25, 0.3) is 5.91 Å². The van der Waals surface area contributed by atoms with Crippen molar-refractivity contribution in [2.45, 2.75) is 68.9 Å². The SMILES string of the molecule is COC1CN([C@H]2C[C@@H](CO[C@H]3CC[C@H](C(=O)O)CC3)N(C(=O)Cc3cc(Cl)c(NC(=O)c4coc5ccccc45)cc3F)C2)C[C@@H]1OC. The van der Waals surface area contributed by atoms with Crippen LogP contribution in [-0.4, -0.2) is 104 Å². The fourth-order valence-electron chi connectivity index (χ4n) is 7.29. The second-order valence-corrected chi connectivity index (χ2v) is 13.3. The third-order valence-corrected chi connectivity index (χ3v) is 10.4. The molecule has 3 fully saturated rings. The summed E-state index contributed by atoms with van der Waals surface area (Å²) in [7, 11) is 3.33. The molecule has 1 saturated carbocycles. The van der Waals surface area contributed by atoms with Crippen LogP contribution in [0, 0.1) is 11.7 Å². The smallest absolute Gasteiger partial charge is 0.306 e. The van der Waals surface area contributed by atoms with E-state index in [1.807, 2.05) is 0 Å². The van der Waals surface area contributed by atoms with E-state index >= 15 is 4.39 Å². The van der Waals surface area contributed by atoms with E-state index in [0.717, 1.165) is 6.07 Å². The Balaban J connectivity index is 1.14. The van der Waals surface area contributed by atoms with Crippen LogP contribution < -0.4 is 5.32 Å². The van der Waals surface area contributed by atoms with E-state index in [-0.39, 0.29) is 64.9 Å². The summed E-state index contributed by atoms with van der Waals surface area (Å²) in [6.07, 6.45) is 3.99. The summed E-state index contributed by atoms with van der Waals surface area (Å²) in [4.78, 5) is 42.3. The molecule has 0 bridgehead atoms. The number of furan rings is 1. The Morgan fingerprint density at radius 2 is 1.75 bits per heavy atom. The van der Waals surface area contributed by atoms with Crippen molar-refractivity contribution in [3.63, 3.8) is 0 Å². The Labute approximate surface area is 283 Å². The molecule has 11 nitrogen and oxygen atoms in total. The summed E-state index contributed by atoms with van der Waals surface area (Å²) in [5, 5.41) is 12.7. The normalized spacial score (nSPS) is 26.3. The van der Waals surface area contributed by atoms with Gasteiger partial charge in [0, 0.05) is 45.3 Å². The fraction of sp³-hybridized carbons (Fsp3) is 0.514. The molecule has 0 spiro atoms. The van der Waals surface area contributed by atoms with Gasteiger partial charge in [-0.25, -0.2) is 4.39 Å². The Morgan fingerprint density at radius 1 is 1.04 bits per heavy atom. The highest BCUT2D eigenvalue weighted by atomic mass is 35.5. The van der Waals surface area contributed by atoms with Gasteiger partial charge in [-0.15, -0.1) is 0 Å². The number of hydrogen-bond acceptors (Lipinski definition) is 8. The zero-order chi connectivity index (χ0) is 33.9. The molecular weight excluding hydrogens is 645 g/mol. The van der Waals surface area contributed by atoms with E-state index in [1.165, 1.54) is 12.3 Å². The Morgan fingerprint density at radius 3 is 2.44 bits per heavy atom. The Hall–Kier alpha value is -3.55. The largest absolute Gasteiger partial charge is 0.481 e. The first-order valence-electron chi connectivity index (χ1n) is 16.3. The van der Waals surface area contributed by atoms with Gasteiger partial charge in [-0.05, 0) is 55.9 Å². The van der Waals surface area contributed by atoms with Crippen LogP contribution in [0.3, 0.4) is 0 Å². The summed E-state index contributed by atoms with van der Waals surface area (Å²) >= 11 is 6.51. The van der Waals surface area contributed by atoms with Crippen molar-refractivity contribution in [3.8, 4) is 0 Å². The highest BCUT2D eigenvalue weighted by molar-refractivity contribution is 6.34. The molecule has 258 valence electrons. The molecule has 2 aliphatic heterocycles. The number of nitrogens with zero attached hydrogens (tertiary/aromatic N) is 2. The van der Waals surface area contributed by atoms with E-state index in [2.05, 4.69) is 10.2 Å². The average molecular weight is 686 g/mol. The molecule has 2 amide bonds. The summed E-state index contributed by atoms with van der Waals surface area (Å²) in [5.74, 6) is -2.54. The highest BCUT2D eigenvalue weighted by Gasteiger charge is 2.43. The summed E-state index contributed by atoms with van der Waals surface area (Å²) in [6.45, 7) is 2.07. The lowest BCUT2D eigenvalue weighted by atomic mass is 9.87. The molecule has 1 aliphatic carbocycles. The van der Waals surface area contributed by atoms with Gasteiger partial charge >= 0.3 is 5.97 Å². The first-order valence-corrected chi connectivity index (χ1v) is 16.7. The number of carbonyl (C=O) groups is 3. The maximum absolute atomic E-state index is 15.5. The molecule has 2 saturated heterocycles. The molecule has 48 heavy (non-hydrogen) atoms. The minimum absolute atomic E-state index is 0.0353. The van der Waals surface area contributed by atoms with Crippen molar-refractivity contribution in [1.82, 2.24) is 9.80 Å². The van der Waals surface area contributed by atoms with Gasteiger partial charge < -0.3 is 34.0 Å². The number of benzene rings is 2. The van der Waals surface area contributed by atoms with Crippen LogP contribution in [0.25, 0.3) is 11.0 Å². The van der Waals surface area contributed by atoms with Crippen LogP contribution in [0.4, 0.5) is 10.1 Å². The quantitative estimate of drug-likeness (QED) is 0.287. The number of para-hydroxylation sites is 1. The number of carboxylic acid groups (broad SMARTS) is 1. The highest BCUT2D eigenvalue weighted by Crippen LogP contribution is 2.32. The molecule has 2 N–H and O–H groups in total. The standard InChI is InChI=1S/C35H41ClFN3O8/c1-45-31-16-39(17-32(31)46-2)22-13-23(18-47-24-9-7-20(8-10-24)35(43)44)40(15-22)33(41)12-21-11-27(36)29(14-28(21)37)38-34(42)26-19-48-30-6-4-3-5-25(26)30/h3-6,11,14,19-20,22-24,31-32H,7-10,12-13,15-18H2,1-2H3,(H,38,42)(H,43,44)/t20-,22-,23-,24-,31-,32?/m0/s1. The molecule has 0 radical (unpaired) electrons. The van der Waals surface area contributed by atoms with E-state index < -0.39 is 17.7 Å². The number of carboxylic acids is 1. The summed E-state index contributed by atoms with van der Waals surface area (Å²) < 4.78 is 38.5. The van der Waals surface area contributed by atoms with Crippen molar-refractivity contribution >= 4 is 46.0 Å². The lowest BCUT2D eigenvalue weighted by Gasteiger charge is -2.30. The fourth-order valence-corrected chi connectivity index (χ4v) is 7.53. The maximum Gasteiger partial charge on any atom is 0.306 e. The van der Waals surface area contributed by atoms with Gasteiger partial charge in [-0.1, -0.05) is 29.8 Å². The molecule has 2 aromatic carbocycles. The molecule has 3 heterocycles. The number of aliphatic carboxylic acids is 1. The Kier molecular flexibility index (Phi) is 10.7. The number of amides is 2. The number of nitrogens with one attached hydrogen (secondary N) is 1. The second kappa shape index (κ2) is 14.9. The number of methoxy groups -OCH3 is 2. The van der Waals surface area contributed by atoms with E-state index in [4.69, 9.17) is 30.2 Å². The van der Waals surface area contributed by atoms with Crippen LogP contribution in [0.15, 0.2) is 47.1 Å².